The second-order valence-corrected chi connectivity index (χ2v) is 3.28. The number of carbonyl (C=O) groups excluding carboxylic acids is 1. The fourth-order valence-electron chi connectivity index (χ4n) is 1.37. The second-order valence-electron chi connectivity index (χ2n) is 3.28. The van der Waals surface area contributed by atoms with Gasteiger partial charge in [0.1, 0.15) is 0 Å². The largest absolute Gasteiger partial charge is 0.481 e. The molecule has 6 heteroatoms. The van der Waals surface area contributed by atoms with E-state index in [2.05, 4.69) is 0 Å². The molecule has 16 heavy (non-hydrogen) atoms. The Morgan fingerprint density at radius 1 is 1.56 bits per heavy atom. The maximum absolute atomic E-state index is 10.7. The summed E-state index contributed by atoms with van der Waals surface area (Å²) < 4.78 is 0. The molecule has 0 aliphatic heterocycles. The van der Waals surface area contributed by atoms with E-state index in [0.717, 1.165) is 6.07 Å². The van der Waals surface area contributed by atoms with Crippen molar-refractivity contribution in [2.75, 3.05) is 0 Å². The lowest BCUT2D eigenvalue weighted by atomic mass is 10.0. The third kappa shape index (κ3) is 2.41. The quantitative estimate of drug-likeness (QED) is 0.472. The minimum Gasteiger partial charge on any atom is -0.481 e. The van der Waals surface area contributed by atoms with Gasteiger partial charge >= 0.3 is 5.97 Å². The van der Waals surface area contributed by atoms with Crippen molar-refractivity contribution in [1.29, 1.82) is 0 Å². The Kier molecular flexibility index (Phi) is 3.34. The Morgan fingerprint density at radius 3 is 2.62 bits per heavy atom. The van der Waals surface area contributed by atoms with Crippen LogP contribution >= 0.6 is 0 Å². The van der Waals surface area contributed by atoms with Gasteiger partial charge in [-0.05, 0) is 18.6 Å². The van der Waals surface area contributed by atoms with Gasteiger partial charge in [-0.15, -0.1) is 0 Å². The minimum atomic E-state index is -1.15. The first-order valence-electron chi connectivity index (χ1n) is 4.40. The maximum Gasteiger partial charge on any atom is 0.308 e. The average molecular weight is 223 g/mol. The third-order valence-corrected chi connectivity index (χ3v) is 2.13. The highest BCUT2D eigenvalue weighted by molar-refractivity contribution is 5.80. The number of nitro groups is 1. The molecule has 0 aliphatic carbocycles. The molecule has 0 atom stereocenters. The van der Waals surface area contributed by atoms with Gasteiger partial charge in [-0.3, -0.25) is 19.7 Å². The summed E-state index contributed by atoms with van der Waals surface area (Å²) in [5.41, 5.74) is 0.480. The van der Waals surface area contributed by atoms with E-state index in [9.17, 15) is 19.7 Å². The van der Waals surface area contributed by atoms with Crippen LogP contribution in [-0.2, 0) is 11.2 Å². The highest BCUT2D eigenvalue weighted by Crippen LogP contribution is 2.23. The number of aliphatic carboxylic acids is 1. The van der Waals surface area contributed by atoms with Crippen molar-refractivity contribution in [3.63, 3.8) is 0 Å². The molecule has 1 rings (SSSR count). The van der Waals surface area contributed by atoms with Crippen molar-refractivity contribution in [3.8, 4) is 0 Å². The fraction of sp³-hybridized carbons (Fsp3) is 0.200. The molecule has 0 bridgehead atoms. The summed E-state index contributed by atoms with van der Waals surface area (Å²) in [6.07, 6.45) is 0.0726. The molecule has 0 heterocycles. The van der Waals surface area contributed by atoms with Crippen molar-refractivity contribution in [3.05, 3.63) is 38.9 Å². The first-order chi connectivity index (χ1) is 7.45. The van der Waals surface area contributed by atoms with Crippen LogP contribution < -0.4 is 0 Å². The number of carbonyl (C=O) groups is 2. The van der Waals surface area contributed by atoms with E-state index in [4.69, 9.17) is 5.11 Å². The van der Waals surface area contributed by atoms with Crippen LogP contribution in [0.3, 0.4) is 0 Å². The monoisotopic (exact) mass is 223 g/mol. The maximum atomic E-state index is 10.7. The number of nitro benzene ring substituents is 1. The Labute approximate surface area is 90.7 Å². The van der Waals surface area contributed by atoms with E-state index < -0.39 is 17.3 Å². The SMILES string of the molecule is Cc1cc(CC(=O)O)c([N+](=O)[O-])cc1C=O. The smallest absolute Gasteiger partial charge is 0.308 e. The van der Waals surface area contributed by atoms with E-state index in [-0.39, 0.29) is 16.8 Å². The zero-order chi connectivity index (χ0) is 12.3. The van der Waals surface area contributed by atoms with Crippen LogP contribution in [0.25, 0.3) is 0 Å². The van der Waals surface area contributed by atoms with Crippen molar-refractivity contribution in [2.45, 2.75) is 13.3 Å². The average Bonchev–Trinajstić information content (AvgIpc) is 2.16. The van der Waals surface area contributed by atoms with E-state index in [1.54, 1.807) is 6.92 Å². The molecule has 0 fully saturated rings. The molecule has 0 radical (unpaired) electrons. The molecule has 0 unspecified atom stereocenters. The van der Waals surface area contributed by atoms with Crippen molar-refractivity contribution in [2.24, 2.45) is 0 Å². The van der Waals surface area contributed by atoms with Crippen LogP contribution in [-0.4, -0.2) is 22.3 Å². The second kappa shape index (κ2) is 4.52. The molecular formula is C10H9NO5. The summed E-state index contributed by atoms with van der Waals surface area (Å²) in [7, 11) is 0. The van der Waals surface area contributed by atoms with Gasteiger partial charge in [0.25, 0.3) is 5.69 Å². The third-order valence-electron chi connectivity index (χ3n) is 2.13. The molecule has 6 nitrogen and oxygen atoms in total. The van der Waals surface area contributed by atoms with Gasteiger partial charge < -0.3 is 5.11 Å². The number of carboxylic acid groups (broad SMARTS) is 1. The van der Waals surface area contributed by atoms with Gasteiger partial charge in [0.2, 0.25) is 0 Å². The molecule has 0 aliphatic rings. The van der Waals surface area contributed by atoms with Gasteiger partial charge in [-0.1, -0.05) is 0 Å². The molecule has 0 spiro atoms. The molecular weight excluding hydrogens is 214 g/mol. The highest BCUT2D eigenvalue weighted by Gasteiger charge is 2.18. The summed E-state index contributed by atoms with van der Waals surface area (Å²) in [4.78, 5) is 31.1. The standard InChI is InChI=1S/C10H9NO5/c1-6-2-7(4-10(13)14)9(11(15)16)3-8(6)5-12/h2-3,5H,4H2,1H3,(H,13,14). The van der Waals surface area contributed by atoms with Crippen molar-refractivity contribution >= 4 is 17.9 Å². The number of hydrogen-bond acceptors (Lipinski definition) is 4. The van der Waals surface area contributed by atoms with E-state index in [0.29, 0.717) is 11.8 Å². The summed E-state index contributed by atoms with van der Waals surface area (Å²) in [6.45, 7) is 1.60. The van der Waals surface area contributed by atoms with Crippen molar-refractivity contribution in [1.82, 2.24) is 0 Å². The van der Waals surface area contributed by atoms with Gasteiger partial charge in [0.05, 0.1) is 11.3 Å². The van der Waals surface area contributed by atoms with Crippen LogP contribution in [0.15, 0.2) is 12.1 Å². The number of nitrogens with zero attached hydrogens (tertiary/aromatic N) is 1. The lowest BCUT2D eigenvalue weighted by Gasteiger charge is -2.04. The number of aryl methyl sites for hydroxylation is 1. The minimum absolute atomic E-state index is 0.0978. The molecule has 0 saturated heterocycles. The first-order valence-corrected chi connectivity index (χ1v) is 4.40. The number of hydrogen-bond donors (Lipinski definition) is 1. The van der Waals surface area contributed by atoms with Crippen LogP contribution in [0.2, 0.25) is 0 Å². The number of benzene rings is 1. The van der Waals surface area contributed by atoms with Gasteiger partial charge in [0, 0.05) is 17.2 Å². The topological polar surface area (TPSA) is 97.5 Å². The van der Waals surface area contributed by atoms with E-state index in [1.807, 2.05) is 0 Å². The van der Waals surface area contributed by atoms with Gasteiger partial charge in [-0.25, -0.2) is 0 Å². The summed E-state index contributed by atoms with van der Waals surface area (Å²) in [6, 6.07) is 2.45. The Hall–Kier alpha value is -2.24. The molecule has 1 aromatic rings. The molecule has 84 valence electrons. The lowest BCUT2D eigenvalue weighted by Crippen LogP contribution is -2.05. The number of aldehydes is 1. The molecule has 0 saturated carbocycles. The molecule has 0 amide bonds. The predicted octanol–water partition coefficient (Wildman–Crippen LogP) is 1.34. The first kappa shape index (κ1) is 11.8. The van der Waals surface area contributed by atoms with Crippen molar-refractivity contribution < 1.29 is 19.6 Å². The van der Waals surface area contributed by atoms with Crippen LogP contribution in [0, 0.1) is 17.0 Å². The predicted molar refractivity (Wildman–Crippen MR) is 54.6 cm³/mol. The Morgan fingerprint density at radius 2 is 2.19 bits per heavy atom. The van der Waals surface area contributed by atoms with Gasteiger partial charge in [-0.2, -0.15) is 0 Å². The zero-order valence-corrected chi connectivity index (χ0v) is 8.47. The summed E-state index contributed by atoms with van der Waals surface area (Å²) in [5.74, 6) is -1.15. The van der Waals surface area contributed by atoms with Crippen LogP contribution in [0.1, 0.15) is 21.5 Å². The molecule has 1 N–H and O–H groups in total. The molecule has 1 aromatic carbocycles. The Balaban J connectivity index is 3.35. The van der Waals surface area contributed by atoms with Crippen LogP contribution in [0.4, 0.5) is 5.69 Å². The summed E-state index contributed by atoms with van der Waals surface area (Å²) >= 11 is 0. The fourth-order valence-corrected chi connectivity index (χ4v) is 1.37. The zero-order valence-electron chi connectivity index (χ0n) is 8.47. The van der Waals surface area contributed by atoms with Gasteiger partial charge in [0.15, 0.2) is 6.29 Å². The molecule has 0 aromatic heterocycles. The summed E-state index contributed by atoms with van der Waals surface area (Å²) in [5, 5.41) is 19.3. The Bertz CT molecular complexity index is 467. The number of carboxylic acids is 1. The lowest BCUT2D eigenvalue weighted by molar-refractivity contribution is -0.385. The van der Waals surface area contributed by atoms with E-state index >= 15 is 0 Å². The van der Waals surface area contributed by atoms with E-state index in [1.165, 1.54) is 6.07 Å². The highest BCUT2D eigenvalue weighted by atomic mass is 16.6. The number of rotatable bonds is 4. The van der Waals surface area contributed by atoms with Crippen LogP contribution in [0.5, 0.6) is 0 Å². The normalized spacial score (nSPS) is 9.81.